The molecule has 1 aliphatic carbocycles. The first-order chi connectivity index (χ1) is 8.10. The van der Waals surface area contributed by atoms with Crippen LogP contribution in [0.3, 0.4) is 0 Å². The molecule has 2 rings (SSSR count). The summed E-state index contributed by atoms with van der Waals surface area (Å²) in [6.07, 6.45) is 2.84. The van der Waals surface area contributed by atoms with Crippen molar-refractivity contribution in [2.45, 2.75) is 51.7 Å². The largest absolute Gasteiger partial charge is 0.348 e. The topological polar surface area (TPSA) is 72.9 Å². The highest BCUT2D eigenvalue weighted by molar-refractivity contribution is 5.92. The van der Waals surface area contributed by atoms with E-state index in [2.05, 4.69) is 10.4 Å². The fraction of sp³-hybridized carbons (Fsp3) is 0.667. The highest BCUT2D eigenvalue weighted by atomic mass is 35.5. The number of hydrogen-bond donors (Lipinski definition) is 2. The molecule has 1 aromatic rings. The lowest BCUT2D eigenvalue weighted by atomic mass is 10.2. The van der Waals surface area contributed by atoms with Gasteiger partial charge in [0.25, 0.3) is 5.91 Å². The first-order valence-corrected chi connectivity index (χ1v) is 6.21. The van der Waals surface area contributed by atoms with Crippen molar-refractivity contribution in [2.75, 3.05) is 0 Å². The summed E-state index contributed by atoms with van der Waals surface area (Å²) in [5, 5.41) is 7.26. The number of halogens is 1. The van der Waals surface area contributed by atoms with Crippen LogP contribution in [0.5, 0.6) is 0 Å². The van der Waals surface area contributed by atoms with Crippen molar-refractivity contribution in [3.05, 3.63) is 17.5 Å². The van der Waals surface area contributed by atoms with Gasteiger partial charge in [0.2, 0.25) is 0 Å². The molecule has 0 bridgehead atoms. The van der Waals surface area contributed by atoms with Crippen molar-refractivity contribution >= 4 is 18.3 Å². The Labute approximate surface area is 114 Å². The highest BCUT2D eigenvalue weighted by Gasteiger charge is 2.24. The second-order valence-electron chi connectivity index (χ2n) is 4.73. The lowest BCUT2D eigenvalue weighted by Crippen LogP contribution is -2.34. The quantitative estimate of drug-likeness (QED) is 0.870. The molecule has 1 saturated carbocycles. The van der Waals surface area contributed by atoms with Crippen LogP contribution in [0.1, 0.15) is 42.4 Å². The maximum atomic E-state index is 12.0. The molecule has 102 valence electrons. The maximum Gasteiger partial charge on any atom is 0.272 e. The number of carbonyl (C=O) groups is 1. The van der Waals surface area contributed by atoms with Crippen LogP contribution >= 0.6 is 12.4 Å². The van der Waals surface area contributed by atoms with Crippen molar-refractivity contribution in [3.8, 4) is 0 Å². The summed E-state index contributed by atoms with van der Waals surface area (Å²) in [4.78, 5) is 12.0. The number of amides is 1. The molecule has 18 heavy (non-hydrogen) atoms. The van der Waals surface area contributed by atoms with Crippen LogP contribution in [-0.2, 0) is 6.54 Å². The van der Waals surface area contributed by atoms with Gasteiger partial charge in [-0.25, -0.2) is 0 Å². The predicted molar refractivity (Wildman–Crippen MR) is 73.0 cm³/mol. The Balaban J connectivity index is 0.00000162. The molecular weight excluding hydrogens is 252 g/mol. The maximum absolute atomic E-state index is 12.0. The number of nitrogens with zero attached hydrogens (tertiary/aromatic N) is 2. The van der Waals surface area contributed by atoms with Gasteiger partial charge in [-0.05, 0) is 39.2 Å². The number of aromatic nitrogens is 2. The van der Waals surface area contributed by atoms with Crippen LogP contribution in [0.2, 0.25) is 0 Å². The van der Waals surface area contributed by atoms with E-state index < -0.39 is 0 Å². The molecule has 0 spiro atoms. The number of hydrogen-bond acceptors (Lipinski definition) is 3. The Morgan fingerprint density at radius 3 is 2.83 bits per heavy atom. The van der Waals surface area contributed by atoms with Crippen LogP contribution in [0.4, 0.5) is 0 Å². The molecule has 1 aromatic heterocycles. The second-order valence-corrected chi connectivity index (χ2v) is 4.73. The van der Waals surface area contributed by atoms with E-state index in [-0.39, 0.29) is 30.4 Å². The molecule has 0 saturated heterocycles. The number of nitrogens with two attached hydrogens (primary N) is 1. The van der Waals surface area contributed by atoms with Gasteiger partial charge < -0.3 is 11.1 Å². The van der Waals surface area contributed by atoms with Crippen molar-refractivity contribution in [1.29, 1.82) is 0 Å². The van der Waals surface area contributed by atoms with Crippen molar-refractivity contribution in [2.24, 2.45) is 5.73 Å². The highest BCUT2D eigenvalue weighted by Crippen LogP contribution is 2.17. The van der Waals surface area contributed by atoms with Crippen LogP contribution in [0, 0.1) is 6.92 Å². The van der Waals surface area contributed by atoms with E-state index in [0.29, 0.717) is 5.69 Å². The smallest absolute Gasteiger partial charge is 0.272 e. The van der Waals surface area contributed by atoms with E-state index >= 15 is 0 Å². The van der Waals surface area contributed by atoms with Crippen molar-refractivity contribution in [3.63, 3.8) is 0 Å². The summed E-state index contributed by atoms with van der Waals surface area (Å²) in [7, 11) is 0. The van der Waals surface area contributed by atoms with Crippen molar-refractivity contribution in [1.82, 2.24) is 15.1 Å². The Morgan fingerprint density at radius 1 is 1.61 bits per heavy atom. The minimum atomic E-state index is -0.0839. The Bertz CT molecular complexity index is 418. The van der Waals surface area contributed by atoms with Gasteiger partial charge in [0.15, 0.2) is 0 Å². The van der Waals surface area contributed by atoms with Crippen LogP contribution in [0.15, 0.2) is 6.07 Å². The summed E-state index contributed by atoms with van der Waals surface area (Å²) >= 11 is 0. The molecule has 6 heteroatoms. The molecule has 0 unspecified atom stereocenters. The fourth-order valence-corrected chi connectivity index (χ4v) is 2.35. The lowest BCUT2D eigenvalue weighted by molar-refractivity contribution is 0.0932. The minimum absolute atomic E-state index is 0. The summed E-state index contributed by atoms with van der Waals surface area (Å²) in [6.45, 7) is 4.75. The Morgan fingerprint density at radius 2 is 2.33 bits per heavy atom. The SMILES string of the molecule is CCn1nc(C(=O)N[C@@H]2CC[C@@H](N)C2)cc1C.Cl. The summed E-state index contributed by atoms with van der Waals surface area (Å²) in [6, 6.07) is 2.27. The van der Waals surface area contributed by atoms with E-state index in [4.69, 9.17) is 5.73 Å². The zero-order valence-electron chi connectivity index (χ0n) is 10.8. The number of nitrogens with one attached hydrogen (secondary N) is 1. The van der Waals surface area contributed by atoms with Gasteiger partial charge in [0.05, 0.1) is 0 Å². The third-order valence-corrected chi connectivity index (χ3v) is 3.32. The van der Waals surface area contributed by atoms with Gasteiger partial charge in [-0.15, -0.1) is 12.4 Å². The predicted octanol–water partition coefficient (Wildman–Crippen LogP) is 1.24. The van der Waals surface area contributed by atoms with Gasteiger partial charge in [0, 0.05) is 24.3 Å². The van der Waals surface area contributed by atoms with Gasteiger partial charge in [-0.3, -0.25) is 9.48 Å². The van der Waals surface area contributed by atoms with Gasteiger partial charge in [0.1, 0.15) is 5.69 Å². The average molecular weight is 273 g/mol. The molecule has 0 aromatic carbocycles. The first kappa shape index (κ1) is 15.0. The normalized spacial score (nSPS) is 22.6. The standard InChI is InChI=1S/C12H20N4O.ClH/c1-3-16-8(2)6-11(15-16)12(17)14-10-5-4-9(13)7-10;/h6,9-10H,3-5,7,13H2,1-2H3,(H,14,17);1H/t9-,10-;/m1./s1. The molecular formula is C12H21ClN4O. The van der Waals surface area contributed by atoms with E-state index in [1.807, 2.05) is 24.6 Å². The second kappa shape index (κ2) is 6.20. The Hall–Kier alpha value is -1.07. The zero-order valence-corrected chi connectivity index (χ0v) is 11.7. The van der Waals surface area contributed by atoms with Gasteiger partial charge in [-0.1, -0.05) is 0 Å². The fourth-order valence-electron chi connectivity index (χ4n) is 2.35. The first-order valence-electron chi connectivity index (χ1n) is 6.21. The third-order valence-electron chi connectivity index (χ3n) is 3.32. The molecule has 3 N–H and O–H groups in total. The molecule has 1 heterocycles. The molecule has 0 radical (unpaired) electrons. The average Bonchev–Trinajstić information content (AvgIpc) is 2.85. The summed E-state index contributed by atoms with van der Waals surface area (Å²) < 4.78 is 1.83. The van der Waals surface area contributed by atoms with E-state index in [9.17, 15) is 4.79 Å². The summed E-state index contributed by atoms with van der Waals surface area (Å²) in [5.41, 5.74) is 7.34. The van der Waals surface area contributed by atoms with Crippen molar-refractivity contribution < 1.29 is 4.79 Å². The van der Waals surface area contributed by atoms with Crippen LogP contribution in [0.25, 0.3) is 0 Å². The molecule has 2 atom stereocenters. The lowest BCUT2D eigenvalue weighted by Gasteiger charge is -2.10. The van der Waals surface area contributed by atoms with Gasteiger partial charge >= 0.3 is 0 Å². The zero-order chi connectivity index (χ0) is 12.4. The molecule has 1 aliphatic rings. The third kappa shape index (κ3) is 3.23. The molecule has 0 aliphatic heterocycles. The van der Waals surface area contributed by atoms with E-state index in [0.717, 1.165) is 31.5 Å². The number of rotatable bonds is 3. The van der Waals surface area contributed by atoms with E-state index in [1.165, 1.54) is 0 Å². The van der Waals surface area contributed by atoms with E-state index in [1.54, 1.807) is 0 Å². The molecule has 1 fully saturated rings. The van der Waals surface area contributed by atoms with Gasteiger partial charge in [-0.2, -0.15) is 5.10 Å². The number of carbonyl (C=O) groups excluding carboxylic acids is 1. The minimum Gasteiger partial charge on any atom is -0.348 e. The number of aryl methyl sites for hydroxylation is 2. The summed E-state index contributed by atoms with van der Waals surface area (Å²) in [5.74, 6) is -0.0839. The Kier molecular flexibility index (Phi) is 5.16. The molecule has 5 nitrogen and oxygen atoms in total. The van der Waals surface area contributed by atoms with Crippen LogP contribution < -0.4 is 11.1 Å². The monoisotopic (exact) mass is 272 g/mol. The molecule has 1 amide bonds. The van der Waals surface area contributed by atoms with Crippen LogP contribution in [-0.4, -0.2) is 27.8 Å².